The van der Waals surface area contributed by atoms with E-state index in [2.05, 4.69) is 15.9 Å². The lowest BCUT2D eigenvalue weighted by Gasteiger charge is -2.31. The van der Waals surface area contributed by atoms with Gasteiger partial charge in [-0.2, -0.15) is 0 Å². The highest BCUT2D eigenvalue weighted by atomic mass is 79.9. The maximum atomic E-state index is 16.6. The van der Waals surface area contributed by atoms with Gasteiger partial charge in [-0.3, -0.25) is 19.3 Å². The van der Waals surface area contributed by atoms with Gasteiger partial charge >= 0.3 is 0 Å². The third-order valence-electron chi connectivity index (χ3n) is 11.4. The number of hydrogen-bond donors (Lipinski definition) is 1. The molecular weight excluding hydrogens is 805 g/mol. The first-order valence-corrected chi connectivity index (χ1v) is 22.9. The van der Waals surface area contributed by atoms with Crippen LogP contribution in [0, 0.1) is 5.92 Å². The fourth-order valence-electron chi connectivity index (χ4n) is 8.94. The monoisotopic (exact) mass is 847 g/mol. The second-order valence-electron chi connectivity index (χ2n) is 15.4. The maximum absolute atomic E-state index is 16.6. The molecule has 8 rings (SSSR count). The number of rotatable bonds is 10. The van der Waals surface area contributed by atoms with Crippen LogP contribution in [0.5, 0.6) is 11.5 Å². The molecule has 0 aromatic heterocycles. The molecule has 1 fully saturated rings. The zero-order valence-electron chi connectivity index (χ0n) is 31.9. The lowest BCUT2D eigenvalue weighted by Crippen LogP contribution is -2.45. The smallest absolute Gasteiger partial charge is 0.266 e. The molecule has 3 aliphatic heterocycles. The summed E-state index contributed by atoms with van der Waals surface area (Å²) in [4.78, 5) is 48.2. The number of amides is 3. The van der Waals surface area contributed by atoms with Crippen molar-refractivity contribution in [3.63, 3.8) is 0 Å². The summed E-state index contributed by atoms with van der Waals surface area (Å²) in [5, 5.41) is 9.88. The fraction of sp³-hybridized carbons (Fsp3) is 0.267. The Morgan fingerprint density at radius 3 is 2.33 bits per heavy atom. The third kappa shape index (κ3) is 6.98. The van der Waals surface area contributed by atoms with Gasteiger partial charge in [-0.15, -0.1) is 0 Å². The molecule has 0 radical (unpaired) electrons. The zero-order chi connectivity index (χ0) is 40.1. The quantitative estimate of drug-likeness (QED) is 0.111. The van der Waals surface area contributed by atoms with Gasteiger partial charge in [0.05, 0.1) is 42.6 Å². The van der Waals surface area contributed by atoms with E-state index >= 15 is 8.90 Å². The molecule has 57 heavy (non-hydrogen) atoms. The predicted octanol–water partition coefficient (Wildman–Crippen LogP) is 9.27. The molecule has 9 nitrogen and oxygen atoms in total. The van der Waals surface area contributed by atoms with E-state index in [0.717, 1.165) is 15.6 Å². The molecule has 1 spiro atoms. The van der Waals surface area contributed by atoms with Crippen molar-refractivity contribution in [2.75, 3.05) is 23.0 Å². The van der Waals surface area contributed by atoms with Gasteiger partial charge in [0.15, 0.2) is 11.4 Å². The van der Waals surface area contributed by atoms with Crippen LogP contribution in [-0.4, -0.2) is 55.4 Å². The van der Waals surface area contributed by atoms with E-state index in [1.807, 2.05) is 110 Å². The molecule has 3 heterocycles. The third-order valence-corrected chi connectivity index (χ3v) is 14.3. The van der Waals surface area contributed by atoms with Crippen LogP contribution >= 0.6 is 15.9 Å². The van der Waals surface area contributed by atoms with Crippen LogP contribution in [0.1, 0.15) is 40.4 Å². The van der Waals surface area contributed by atoms with Gasteiger partial charge in [0.2, 0.25) is 14.3 Å². The van der Waals surface area contributed by atoms with Gasteiger partial charge in [-0.05, 0) is 78.8 Å². The van der Waals surface area contributed by atoms with Crippen LogP contribution in [0.15, 0.2) is 126 Å². The summed E-state index contributed by atoms with van der Waals surface area (Å²) in [5.41, 5.74) is 2.27. The Hall–Kier alpha value is -5.14. The van der Waals surface area contributed by atoms with Crippen molar-refractivity contribution in [3.05, 3.63) is 148 Å². The van der Waals surface area contributed by atoms with Gasteiger partial charge < -0.3 is 28.5 Å². The molecule has 0 unspecified atom stereocenters. The number of carbonyl (C=O) groups excluding carboxylic acids is 3. The van der Waals surface area contributed by atoms with Crippen molar-refractivity contribution in [1.82, 2.24) is 4.90 Å². The molecule has 12 heteroatoms. The molecule has 4 atom stereocenters. The summed E-state index contributed by atoms with van der Waals surface area (Å²) < 4.78 is 30.4. The standard InChI is InChI=1S/C45H43BrFN3O6Si/c1-29-42(57(2,3)47)40(26-41(52)48(22-23-51)27-30-12-5-4-6-13-30)56-45(29)35-25-32(46)20-21-36(35)49(44(45)54)28-31-14-11-15-33(24-31)50-37-17-8-10-19-39(37)55-38-18-9-7-16-34(38)43(50)53/h4-21,24-25,29,40,42,51H,22-23,26-28H2,1-3H3/t29-,40+,42-,45+/m1/s1. The molecule has 1 N–H and O–H groups in total. The molecule has 292 valence electrons. The first kappa shape index (κ1) is 38.7. The van der Waals surface area contributed by atoms with Gasteiger partial charge in [0, 0.05) is 40.3 Å². The van der Waals surface area contributed by atoms with Crippen molar-refractivity contribution in [1.29, 1.82) is 0 Å². The molecule has 3 amide bonds. The summed E-state index contributed by atoms with van der Waals surface area (Å²) in [7, 11) is -3.57. The Balaban J connectivity index is 1.13. The van der Waals surface area contributed by atoms with Gasteiger partial charge in [-0.1, -0.05) is 89.6 Å². The minimum atomic E-state index is -3.57. The van der Waals surface area contributed by atoms with Crippen LogP contribution in [0.25, 0.3) is 0 Å². The number of nitrogens with zero attached hydrogens (tertiary/aromatic N) is 3. The number of hydrogen-bond acceptors (Lipinski definition) is 6. The van der Waals surface area contributed by atoms with Crippen LogP contribution in [0.2, 0.25) is 18.6 Å². The number of anilines is 3. The average Bonchev–Trinajstić information content (AvgIpc) is 3.56. The highest BCUT2D eigenvalue weighted by Crippen LogP contribution is 2.60. The molecule has 0 aliphatic carbocycles. The Morgan fingerprint density at radius 1 is 0.877 bits per heavy atom. The normalized spacial score (nSPS) is 21.2. The topological polar surface area (TPSA) is 99.6 Å². The Kier molecular flexibility index (Phi) is 10.4. The molecule has 1 saturated heterocycles. The van der Waals surface area contributed by atoms with Crippen molar-refractivity contribution in [3.8, 4) is 11.5 Å². The van der Waals surface area contributed by atoms with E-state index in [9.17, 15) is 14.7 Å². The highest BCUT2D eigenvalue weighted by Gasteiger charge is 2.67. The number of aliphatic hydroxyl groups excluding tert-OH is 1. The van der Waals surface area contributed by atoms with Crippen molar-refractivity contribution in [2.24, 2.45) is 5.92 Å². The molecule has 0 bridgehead atoms. The lowest BCUT2D eigenvalue weighted by atomic mass is 9.82. The Labute approximate surface area is 340 Å². The SMILES string of the molecule is C[C@@H]1[C@@H]([Si](C)(C)F)[C@H](CC(=O)N(CCO)Cc2ccccc2)O[C@@]12C(=O)N(Cc1cccc(N3C(=O)c4ccccc4Oc4ccccc43)c1)c1ccc(Br)cc12. The van der Waals surface area contributed by atoms with E-state index in [1.165, 1.54) is 0 Å². The maximum Gasteiger partial charge on any atom is 0.266 e. The van der Waals surface area contributed by atoms with E-state index in [4.69, 9.17) is 9.47 Å². The van der Waals surface area contributed by atoms with Crippen LogP contribution < -0.4 is 14.5 Å². The van der Waals surface area contributed by atoms with Gasteiger partial charge in [0.1, 0.15) is 5.75 Å². The summed E-state index contributed by atoms with van der Waals surface area (Å²) in [5.74, 6) is -0.474. The largest absolute Gasteiger partial charge is 0.454 e. The fourth-order valence-corrected chi connectivity index (χ4v) is 11.8. The summed E-state index contributed by atoms with van der Waals surface area (Å²) >= 11 is 3.61. The van der Waals surface area contributed by atoms with Crippen molar-refractivity contribution < 1.29 is 33.1 Å². The second kappa shape index (κ2) is 15.3. The lowest BCUT2D eigenvalue weighted by molar-refractivity contribution is -0.150. The van der Waals surface area contributed by atoms with Gasteiger partial charge in [-0.25, -0.2) is 0 Å². The van der Waals surface area contributed by atoms with Gasteiger partial charge in [0.25, 0.3) is 11.8 Å². The predicted molar refractivity (Wildman–Crippen MR) is 223 cm³/mol. The second-order valence-corrected chi connectivity index (χ2v) is 20.1. The minimum absolute atomic E-state index is 0.109. The summed E-state index contributed by atoms with van der Waals surface area (Å²) in [6.45, 7) is 5.39. The summed E-state index contributed by atoms with van der Waals surface area (Å²) in [6.07, 6.45) is -1.02. The Morgan fingerprint density at radius 2 is 1.58 bits per heavy atom. The van der Waals surface area contributed by atoms with Crippen LogP contribution in [0.4, 0.5) is 21.2 Å². The number of aliphatic hydroxyl groups is 1. The minimum Gasteiger partial charge on any atom is -0.454 e. The number of fused-ring (bicyclic) bond motifs is 4. The first-order valence-electron chi connectivity index (χ1n) is 19.1. The zero-order valence-corrected chi connectivity index (χ0v) is 34.5. The number of halogens is 2. The molecule has 5 aromatic carbocycles. The summed E-state index contributed by atoms with van der Waals surface area (Å²) in [6, 6.07) is 37.1. The van der Waals surface area contributed by atoms with E-state index in [-0.39, 0.29) is 50.4 Å². The average molecular weight is 849 g/mol. The molecule has 3 aliphatic rings. The number of benzene rings is 5. The first-order chi connectivity index (χ1) is 27.4. The molecule has 5 aromatic rings. The van der Waals surface area contributed by atoms with Crippen LogP contribution in [-0.2, 0) is 33.0 Å². The van der Waals surface area contributed by atoms with Crippen LogP contribution in [0.3, 0.4) is 0 Å². The molecule has 0 saturated carbocycles. The number of carbonyl (C=O) groups is 3. The number of para-hydroxylation sites is 3. The highest BCUT2D eigenvalue weighted by molar-refractivity contribution is 9.10. The number of ether oxygens (including phenoxy) is 2. The van der Waals surface area contributed by atoms with E-state index in [1.54, 1.807) is 46.0 Å². The van der Waals surface area contributed by atoms with E-state index in [0.29, 0.717) is 39.7 Å². The van der Waals surface area contributed by atoms with E-state index < -0.39 is 31.6 Å². The Bertz CT molecular complexity index is 2360. The van der Waals surface area contributed by atoms with Crippen molar-refractivity contribution >= 4 is 59.1 Å². The van der Waals surface area contributed by atoms with Crippen molar-refractivity contribution in [2.45, 2.75) is 56.8 Å². The molecular formula is C45H43BrFN3O6Si.